The smallest absolute Gasteiger partial charge is 0.228 e. The van der Waals surface area contributed by atoms with E-state index < -0.39 is 0 Å². The van der Waals surface area contributed by atoms with E-state index in [0.717, 1.165) is 17.4 Å². The first-order valence-corrected chi connectivity index (χ1v) is 5.90. The van der Waals surface area contributed by atoms with Crippen LogP contribution in [0.15, 0.2) is 22.8 Å². The average molecular weight is 271 g/mol. The normalized spacial score (nSPS) is 10.4. The van der Waals surface area contributed by atoms with Crippen molar-refractivity contribution in [3.05, 3.63) is 22.8 Å². The van der Waals surface area contributed by atoms with Gasteiger partial charge in [0, 0.05) is 5.92 Å². The molecule has 1 rings (SSSR count). The lowest BCUT2D eigenvalue weighted by molar-refractivity contribution is -0.120. The van der Waals surface area contributed by atoms with E-state index in [0.29, 0.717) is 5.82 Å². The lowest BCUT2D eigenvalue weighted by Gasteiger charge is -2.11. The van der Waals surface area contributed by atoms with Gasteiger partial charge in [0.05, 0.1) is 0 Å². The number of nitrogens with one attached hydrogen (secondary N) is 1. The van der Waals surface area contributed by atoms with Crippen LogP contribution in [0.1, 0.15) is 26.7 Å². The van der Waals surface area contributed by atoms with Gasteiger partial charge in [-0.2, -0.15) is 0 Å². The van der Waals surface area contributed by atoms with Crippen LogP contribution in [-0.2, 0) is 4.79 Å². The SMILES string of the molecule is CCC(CC)C(=O)Nc1cccc(Br)n1. The molecule has 1 heterocycles. The fourth-order valence-electron chi connectivity index (χ4n) is 1.37. The third-order valence-corrected chi connectivity index (χ3v) is 2.76. The molecule has 0 spiro atoms. The molecule has 1 N–H and O–H groups in total. The second kappa shape index (κ2) is 5.85. The van der Waals surface area contributed by atoms with Gasteiger partial charge in [0.1, 0.15) is 10.4 Å². The standard InChI is InChI=1S/C11H15BrN2O/c1-3-8(4-2)11(15)14-10-7-5-6-9(12)13-10/h5-8H,3-4H2,1-2H3,(H,13,14,15). The van der Waals surface area contributed by atoms with Crippen molar-refractivity contribution < 1.29 is 4.79 Å². The van der Waals surface area contributed by atoms with Gasteiger partial charge >= 0.3 is 0 Å². The zero-order chi connectivity index (χ0) is 11.3. The summed E-state index contributed by atoms with van der Waals surface area (Å²) in [6.45, 7) is 4.03. The van der Waals surface area contributed by atoms with Gasteiger partial charge in [-0.15, -0.1) is 0 Å². The first kappa shape index (κ1) is 12.2. The number of nitrogens with zero attached hydrogens (tertiary/aromatic N) is 1. The Kier molecular flexibility index (Phi) is 4.75. The van der Waals surface area contributed by atoms with Crippen molar-refractivity contribution in [1.29, 1.82) is 0 Å². The minimum Gasteiger partial charge on any atom is -0.310 e. The molecule has 0 unspecified atom stereocenters. The molecule has 0 fully saturated rings. The van der Waals surface area contributed by atoms with Crippen LogP contribution in [0.4, 0.5) is 5.82 Å². The predicted molar refractivity (Wildman–Crippen MR) is 64.6 cm³/mol. The number of pyridine rings is 1. The van der Waals surface area contributed by atoms with E-state index in [2.05, 4.69) is 26.2 Å². The zero-order valence-corrected chi connectivity index (χ0v) is 10.5. The van der Waals surface area contributed by atoms with Crippen molar-refractivity contribution in [2.45, 2.75) is 26.7 Å². The molecule has 0 aliphatic heterocycles. The summed E-state index contributed by atoms with van der Waals surface area (Å²) in [5.41, 5.74) is 0. The molecule has 0 aromatic carbocycles. The van der Waals surface area contributed by atoms with Gasteiger partial charge in [0.15, 0.2) is 0 Å². The Morgan fingerprint density at radius 2 is 2.13 bits per heavy atom. The zero-order valence-electron chi connectivity index (χ0n) is 8.96. The molecule has 0 saturated heterocycles. The average Bonchev–Trinajstić information content (AvgIpc) is 2.19. The first-order valence-electron chi connectivity index (χ1n) is 5.10. The molecule has 15 heavy (non-hydrogen) atoms. The van der Waals surface area contributed by atoms with Crippen LogP contribution < -0.4 is 5.32 Å². The summed E-state index contributed by atoms with van der Waals surface area (Å²) in [5.74, 6) is 0.720. The highest BCUT2D eigenvalue weighted by Gasteiger charge is 2.14. The number of carbonyl (C=O) groups is 1. The Bertz CT molecular complexity index is 337. The molecule has 0 radical (unpaired) electrons. The summed E-state index contributed by atoms with van der Waals surface area (Å²) in [4.78, 5) is 15.9. The first-order chi connectivity index (χ1) is 7.17. The number of halogens is 1. The topological polar surface area (TPSA) is 42.0 Å². The second-order valence-corrected chi connectivity index (χ2v) is 4.16. The molecule has 3 nitrogen and oxygen atoms in total. The van der Waals surface area contributed by atoms with E-state index in [1.54, 1.807) is 6.07 Å². The molecule has 0 aliphatic rings. The number of carbonyl (C=O) groups excluding carboxylic acids is 1. The lowest BCUT2D eigenvalue weighted by atomic mass is 10.0. The molecule has 1 amide bonds. The predicted octanol–water partition coefficient (Wildman–Crippen LogP) is 3.22. The van der Waals surface area contributed by atoms with E-state index >= 15 is 0 Å². The molecule has 82 valence electrons. The summed E-state index contributed by atoms with van der Waals surface area (Å²) in [5, 5.41) is 2.80. The van der Waals surface area contributed by atoms with Crippen LogP contribution in [0.2, 0.25) is 0 Å². The lowest BCUT2D eigenvalue weighted by Crippen LogP contribution is -2.22. The highest BCUT2D eigenvalue weighted by atomic mass is 79.9. The van der Waals surface area contributed by atoms with Gasteiger partial charge in [-0.1, -0.05) is 19.9 Å². The summed E-state index contributed by atoms with van der Waals surface area (Å²) < 4.78 is 0.727. The summed E-state index contributed by atoms with van der Waals surface area (Å²) in [6, 6.07) is 5.46. The highest BCUT2D eigenvalue weighted by molar-refractivity contribution is 9.10. The van der Waals surface area contributed by atoms with Crippen LogP contribution in [0.3, 0.4) is 0 Å². The molecular formula is C11H15BrN2O. The van der Waals surface area contributed by atoms with Gasteiger partial charge < -0.3 is 5.32 Å². The third-order valence-electron chi connectivity index (χ3n) is 2.32. The monoisotopic (exact) mass is 270 g/mol. The molecule has 4 heteroatoms. The number of hydrogen-bond donors (Lipinski definition) is 1. The highest BCUT2D eigenvalue weighted by Crippen LogP contribution is 2.13. The van der Waals surface area contributed by atoms with Crippen LogP contribution in [0, 0.1) is 5.92 Å². The molecule has 0 bridgehead atoms. The Balaban J connectivity index is 2.65. The van der Waals surface area contributed by atoms with Gasteiger partial charge in [0.2, 0.25) is 5.91 Å². The van der Waals surface area contributed by atoms with Gasteiger partial charge in [0.25, 0.3) is 0 Å². The molecule has 0 atom stereocenters. The Morgan fingerprint density at radius 3 is 2.67 bits per heavy atom. The Hall–Kier alpha value is -0.900. The van der Waals surface area contributed by atoms with Crippen LogP contribution >= 0.6 is 15.9 Å². The van der Waals surface area contributed by atoms with Crippen molar-refractivity contribution in [1.82, 2.24) is 4.98 Å². The van der Waals surface area contributed by atoms with Gasteiger partial charge in [-0.25, -0.2) is 4.98 Å². The summed E-state index contributed by atoms with van der Waals surface area (Å²) in [6.07, 6.45) is 1.71. The van der Waals surface area contributed by atoms with E-state index in [1.807, 2.05) is 26.0 Å². The molecule has 0 saturated carbocycles. The van der Waals surface area contributed by atoms with Crippen LogP contribution in [-0.4, -0.2) is 10.9 Å². The number of anilines is 1. The minimum absolute atomic E-state index is 0.0469. The van der Waals surface area contributed by atoms with Crippen molar-refractivity contribution in [2.75, 3.05) is 5.32 Å². The number of rotatable bonds is 4. The van der Waals surface area contributed by atoms with Crippen molar-refractivity contribution in [3.8, 4) is 0 Å². The van der Waals surface area contributed by atoms with Gasteiger partial charge in [-0.05, 0) is 40.9 Å². The van der Waals surface area contributed by atoms with E-state index in [9.17, 15) is 4.79 Å². The van der Waals surface area contributed by atoms with Gasteiger partial charge in [-0.3, -0.25) is 4.79 Å². The number of amides is 1. The largest absolute Gasteiger partial charge is 0.310 e. The van der Waals surface area contributed by atoms with E-state index in [1.165, 1.54) is 0 Å². The molecule has 1 aromatic heterocycles. The summed E-state index contributed by atoms with van der Waals surface area (Å²) in [7, 11) is 0. The Morgan fingerprint density at radius 1 is 1.47 bits per heavy atom. The quantitative estimate of drug-likeness (QED) is 0.854. The fourth-order valence-corrected chi connectivity index (χ4v) is 1.71. The Labute approximate surface area is 98.4 Å². The summed E-state index contributed by atoms with van der Waals surface area (Å²) >= 11 is 3.26. The van der Waals surface area contributed by atoms with Crippen molar-refractivity contribution >= 4 is 27.7 Å². The van der Waals surface area contributed by atoms with Crippen LogP contribution in [0.25, 0.3) is 0 Å². The molecular weight excluding hydrogens is 256 g/mol. The fraction of sp³-hybridized carbons (Fsp3) is 0.455. The maximum absolute atomic E-state index is 11.7. The maximum Gasteiger partial charge on any atom is 0.228 e. The van der Waals surface area contributed by atoms with Crippen LogP contribution in [0.5, 0.6) is 0 Å². The number of hydrogen-bond acceptors (Lipinski definition) is 2. The van der Waals surface area contributed by atoms with E-state index in [-0.39, 0.29) is 11.8 Å². The molecule has 0 aliphatic carbocycles. The minimum atomic E-state index is 0.0469. The van der Waals surface area contributed by atoms with Crippen molar-refractivity contribution in [3.63, 3.8) is 0 Å². The van der Waals surface area contributed by atoms with Crippen molar-refractivity contribution in [2.24, 2.45) is 5.92 Å². The number of aromatic nitrogens is 1. The maximum atomic E-state index is 11.7. The molecule has 1 aromatic rings. The van der Waals surface area contributed by atoms with E-state index in [4.69, 9.17) is 0 Å². The third kappa shape index (κ3) is 3.63. The second-order valence-electron chi connectivity index (χ2n) is 3.35.